The van der Waals surface area contributed by atoms with Gasteiger partial charge in [0.15, 0.2) is 5.75 Å². The standard InChI is InChI=1S/C14H20N4O/c1-10(2)16-8-12-5-6-15-9-13(12)19-14-7-11(3)17-18(14)4/h5-7,9-10,16H,8H2,1-4H3. The van der Waals surface area contributed by atoms with Gasteiger partial charge >= 0.3 is 0 Å². The van der Waals surface area contributed by atoms with E-state index in [0.717, 1.165) is 29.4 Å². The van der Waals surface area contributed by atoms with Crippen molar-refractivity contribution in [3.63, 3.8) is 0 Å². The first-order valence-electron chi connectivity index (χ1n) is 6.41. The summed E-state index contributed by atoms with van der Waals surface area (Å²) in [7, 11) is 1.87. The zero-order valence-electron chi connectivity index (χ0n) is 11.8. The van der Waals surface area contributed by atoms with Crippen LogP contribution in [0.2, 0.25) is 0 Å². The summed E-state index contributed by atoms with van der Waals surface area (Å²) in [5.41, 5.74) is 2.02. The van der Waals surface area contributed by atoms with Gasteiger partial charge in [-0.15, -0.1) is 0 Å². The second-order valence-corrected chi connectivity index (χ2v) is 4.87. The molecule has 0 aliphatic carbocycles. The predicted molar refractivity (Wildman–Crippen MR) is 74.2 cm³/mol. The van der Waals surface area contributed by atoms with Gasteiger partial charge in [-0.1, -0.05) is 13.8 Å². The van der Waals surface area contributed by atoms with Gasteiger partial charge in [0.2, 0.25) is 5.88 Å². The lowest BCUT2D eigenvalue weighted by atomic mass is 10.2. The molecule has 0 spiro atoms. The Morgan fingerprint density at radius 2 is 2.21 bits per heavy atom. The van der Waals surface area contributed by atoms with Gasteiger partial charge < -0.3 is 10.1 Å². The summed E-state index contributed by atoms with van der Waals surface area (Å²) in [6, 6.07) is 4.31. The van der Waals surface area contributed by atoms with E-state index in [1.165, 1.54) is 0 Å². The average Bonchev–Trinajstić information content (AvgIpc) is 2.67. The topological polar surface area (TPSA) is 52.0 Å². The molecule has 2 aromatic heterocycles. The van der Waals surface area contributed by atoms with Crippen molar-refractivity contribution in [3.8, 4) is 11.6 Å². The van der Waals surface area contributed by atoms with E-state index in [4.69, 9.17) is 4.74 Å². The Morgan fingerprint density at radius 3 is 2.84 bits per heavy atom. The fourth-order valence-corrected chi connectivity index (χ4v) is 1.76. The molecule has 0 saturated heterocycles. The number of rotatable bonds is 5. The van der Waals surface area contributed by atoms with Crippen molar-refractivity contribution >= 4 is 0 Å². The van der Waals surface area contributed by atoms with Crippen LogP contribution in [0, 0.1) is 6.92 Å². The summed E-state index contributed by atoms with van der Waals surface area (Å²) in [6.45, 7) is 6.93. The summed E-state index contributed by atoms with van der Waals surface area (Å²) in [5.74, 6) is 1.48. The van der Waals surface area contributed by atoms with E-state index in [1.54, 1.807) is 17.1 Å². The third-order valence-electron chi connectivity index (χ3n) is 2.74. The Morgan fingerprint density at radius 1 is 1.42 bits per heavy atom. The average molecular weight is 260 g/mol. The minimum absolute atomic E-state index is 0.431. The minimum atomic E-state index is 0.431. The predicted octanol–water partition coefficient (Wildman–Crippen LogP) is 2.41. The maximum atomic E-state index is 5.89. The molecule has 5 heteroatoms. The second kappa shape index (κ2) is 5.84. The number of aromatic nitrogens is 3. The van der Waals surface area contributed by atoms with Crippen LogP contribution < -0.4 is 10.1 Å². The molecular weight excluding hydrogens is 240 g/mol. The lowest BCUT2D eigenvalue weighted by Gasteiger charge is -2.12. The van der Waals surface area contributed by atoms with Crippen molar-refractivity contribution in [2.24, 2.45) is 7.05 Å². The number of ether oxygens (including phenoxy) is 1. The van der Waals surface area contributed by atoms with Crippen molar-refractivity contribution in [2.75, 3.05) is 0 Å². The molecule has 2 heterocycles. The maximum Gasteiger partial charge on any atom is 0.217 e. The summed E-state index contributed by atoms with van der Waals surface area (Å²) >= 11 is 0. The van der Waals surface area contributed by atoms with Crippen LogP contribution in [-0.4, -0.2) is 20.8 Å². The van der Waals surface area contributed by atoms with Crippen molar-refractivity contribution < 1.29 is 4.74 Å². The van der Waals surface area contributed by atoms with E-state index in [0.29, 0.717) is 6.04 Å². The lowest BCUT2D eigenvalue weighted by molar-refractivity contribution is 0.421. The molecule has 0 aromatic carbocycles. The van der Waals surface area contributed by atoms with E-state index >= 15 is 0 Å². The first kappa shape index (κ1) is 13.5. The van der Waals surface area contributed by atoms with E-state index in [1.807, 2.05) is 26.1 Å². The van der Waals surface area contributed by atoms with Crippen LogP contribution in [0.4, 0.5) is 0 Å². The first-order chi connectivity index (χ1) is 9.06. The van der Waals surface area contributed by atoms with Crippen molar-refractivity contribution in [1.82, 2.24) is 20.1 Å². The van der Waals surface area contributed by atoms with Crippen molar-refractivity contribution in [1.29, 1.82) is 0 Å². The third-order valence-corrected chi connectivity index (χ3v) is 2.74. The van der Waals surface area contributed by atoms with Gasteiger partial charge in [-0.2, -0.15) is 5.10 Å². The molecule has 19 heavy (non-hydrogen) atoms. The molecule has 2 aromatic rings. The summed E-state index contributed by atoms with van der Waals surface area (Å²) in [4.78, 5) is 4.12. The van der Waals surface area contributed by atoms with Crippen LogP contribution >= 0.6 is 0 Å². The molecule has 1 N–H and O–H groups in total. The highest BCUT2D eigenvalue weighted by atomic mass is 16.5. The molecular formula is C14H20N4O. The molecule has 0 unspecified atom stereocenters. The zero-order chi connectivity index (χ0) is 13.8. The fourth-order valence-electron chi connectivity index (χ4n) is 1.76. The van der Waals surface area contributed by atoms with E-state index in [2.05, 4.69) is 29.2 Å². The Balaban J connectivity index is 2.17. The highest BCUT2D eigenvalue weighted by molar-refractivity contribution is 5.33. The highest BCUT2D eigenvalue weighted by Gasteiger charge is 2.09. The summed E-state index contributed by atoms with van der Waals surface area (Å²) in [6.07, 6.45) is 3.51. The molecule has 0 atom stereocenters. The highest BCUT2D eigenvalue weighted by Crippen LogP contribution is 2.24. The Kier molecular flexibility index (Phi) is 4.16. The van der Waals surface area contributed by atoms with Gasteiger partial charge in [0.25, 0.3) is 0 Å². The van der Waals surface area contributed by atoms with Gasteiger partial charge in [-0.25, -0.2) is 4.68 Å². The molecule has 2 rings (SSSR count). The molecule has 0 radical (unpaired) electrons. The first-order valence-corrected chi connectivity index (χ1v) is 6.41. The molecule has 102 valence electrons. The normalized spacial score (nSPS) is 11.0. The van der Waals surface area contributed by atoms with E-state index in [-0.39, 0.29) is 0 Å². The Hall–Kier alpha value is -1.88. The van der Waals surface area contributed by atoms with Gasteiger partial charge in [-0.3, -0.25) is 4.98 Å². The quantitative estimate of drug-likeness (QED) is 0.897. The van der Waals surface area contributed by atoms with Crippen molar-refractivity contribution in [2.45, 2.75) is 33.4 Å². The SMILES string of the molecule is Cc1cc(Oc2cnccc2CNC(C)C)n(C)n1. The van der Waals surface area contributed by atoms with Crippen LogP contribution in [0.15, 0.2) is 24.5 Å². The Bertz CT molecular complexity index is 548. The molecule has 0 saturated carbocycles. The number of aryl methyl sites for hydroxylation is 2. The van der Waals surface area contributed by atoms with Crippen molar-refractivity contribution in [3.05, 3.63) is 35.8 Å². The van der Waals surface area contributed by atoms with Crippen LogP contribution in [0.1, 0.15) is 25.1 Å². The largest absolute Gasteiger partial charge is 0.437 e. The van der Waals surface area contributed by atoms with Crippen LogP contribution in [0.5, 0.6) is 11.6 Å². The molecule has 0 bridgehead atoms. The second-order valence-electron chi connectivity index (χ2n) is 4.87. The monoisotopic (exact) mass is 260 g/mol. The van der Waals surface area contributed by atoms with Crippen LogP contribution in [0.3, 0.4) is 0 Å². The van der Waals surface area contributed by atoms with Crippen LogP contribution in [-0.2, 0) is 13.6 Å². The lowest BCUT2D eigenvalue weighted by Crippen LogP contribution is -2.22. The third kappa shape index (κ3) is 3.54. The van der Waals surface area contributed by atoms with Gasteiger partial charge in [-0.05, 0) is 13.0 Å². The number of pyridine rings is 1. The zero-order valence-corrected chi connectivity index (χ0v) is 11.8. The number of nitrogens with zero attached hydrogens (tertiary/aromatic N) is 3. The molecule has 0 fully saturated rings. The fraction of sp³-hybridized carbons (Fsp3) is 0.429. The summed E-state index contributed by atoms with van der Waals surface area (Å²) in [5, 5.41) is 7.64. The number of nitrogens with one attached hydrogen (secondary N) is 1. The van der Waals surface area contributed by atoms with E-state index < -0.39 is 0 Å². The van der Waals surface area contributed by atoms with E-state index in [9.17, 15) is 0 Å². The smallest absolute Gasteiger partial charge is 0.217 e. The summed E-state index contributed by atoms with van der Waals surface area (Å²) < 4.78 is 7.62. The maximum absolute atomic E-state index is 5.89. The number of hydrogen-bond donors (Lipinski definition) is 1. The molecule has 0 amide bonds. The Labute approximate surface area is 113 Å². The minimum Gasteiger partial charge on any atom is -0.437 e. The van der Waals surface area contributed by atoms with Gasteiger partial charge in [0.1, 0.15) is 0 Å². The van der Waals surface area contributed by atoms with Gasteiger partial charge in [0.05, 0.1) is 11.9 Å². The molecule has 5 nitrogen and oxygen atoms in total. The van der Waals surface area contributed by atoms with Gasteiger partial charge in [0, 0.05) is 37.5 Å². The molecule has 0 aliphatic heterocycles. The van der Waals surface area contributed by atoms with Crippen LogP contribution in [0.25, 0.3) is 0 Å². The molecule has 0 aliphatic rings. The number of hydrogen-bond acceptors (Lipinski definition) is 4.